The Labute approximate surface area is 201 Å². The minimum atomic E-state index is -3.86. The van der Waals surface area contributed by atoms with E-state index in [1.165, 1.54) is 12.1 Å². The number of sulfone groups is 1. The van der Waals surface area contributed by atoms with Crippen LogP contribution >= 0.6 is 12.2 Å². The predicted molar refractivity (Wildman–Crippen MR) is 133 cm³/mol. The summed E-state index contributed by atoms with van der Waals surface area (Å²) < 4.78 is 40.3. The number of hydrogen-bond donors (Lipinski definition) is 3. The van der Waals surface area contributed by atoms with Gasteiger partial charge in [0.05, 0.1) is 11.4 Å². The summed E-state index contributed by atoms with van der Waals surface area (Å²) in [5.74, 6) is -0.335. The van der Waals surface area contributed by atoms with Crippen LogP contribution in [0.5, 0.6) is 0 Å². The number of nitrogens with zero attached hydrogens (tertiary/aromatic N) is 1. The number of hydrogen-bond acceptors (Lipinski definition) is 4. The number of carbonyl (C=O) groups excluding carboxylic acids is 1. The zero-order valence-corrected chi connectivity index (χ0v) is 19.5. The normalized spacial score (nSPS) is 17.1. The number of anilines is 2. The number of rotatable bonds is 4. The van der Waals surface area contributed by atoms with E-state index >= 15 is 0 Å². The first-order valence-electron chi connectivity index (χ1n) is 10.7. The smallest absolute Gasteiger partial charge is 0.315 e. The molecule has 1 unspecified atom stereocenters. The van der Waals surface area contributed by atoms with Gasteiger partial charge in [-0.2, -0.15) is 0 Å². The van der Waals surface area contributed by atoms with Crippen LogP contribution in [0.4, 0.5) is 20.6 Å². The number of nitrogens with one attached hydrogen (secondary N) is 3. The molecule has 2 heterocycles. The Morgan fingerprint density at radius 3 is 2.47 bits per heavy atom. The highest BCUT2D eigenvalue weighted by molar-refractivity contribution is 7.92. The van der Waals surface area contributed by atoms with Gasteiger partial charge in [-0.3, -0.25) is 0 Å². The van der Waals surface area contributed by atoms with Crippen LogP contribution in [-0.2, 0) is 16.3 Å². The number of carbonyl (C=O) groups is 1. The van der Waals surface area contributed by atoms with Crippen molar-refractivity contribution in [1.82, 2.24) is 10.6 Å². The molecule has 5 rings (SSSR count). The van der Waals surface area contributed by atoms with E-state index in [0.717, 1.165) is 16.8 Å². The van der Waals surface area contributed by atoms with Gasteiger partial charge in [-0.25, -0.2) is 17.6 Å². The fraction of sp³-hybridized carbons (Fsp3) is 0.167. The van der Waals surface area contributed by atoms with Crippen LogP contribution in [0.25, 0.3) is 11.1 Å². The summed E-state index contributed by atoms with van der Waals surface area (Å²) in [5.41, 5.74) is 3.73. The molecule has 0 aromatic heterocycles. The number of urea groups is 1. The second kappa shape index (κ2) is 8.69. The third-order valence-electron chi connectivity index (χ3n) is 5.95. The van der Waals surface area contributed by atoms with Crippen molar-refractivity contribution in [3.05, 3.63) is 78.1 Å². The summed E-state index contributed by atoms with van der Waals surface area (Å²) in [6.45, 7) is 0.567. The molecule has 0 saturated carbocycles. The molecule has 0 radical (unpaired) electrons. The Bertz CT molecular complexity index is 1380. The maximum atomic E-state index is 13.5. The standard InChI is InChI=1S/C24H21FN4O3S2/c25-16-6-8-17(9-7-16)27-24(33)29-13-12-18-19(29)10-11-20(22(18)15-4-2-1-3-5-15)34(31,32)21-14-26-23(30)28-21/h1-11,21H,12-14H2,(H,27,33)(H2,26,28,30). The number of halogens is 1. The second-order valence-electron chi connectivity index (χ2n) is 8.03. The summed E-state index contributed by atoms with van der Waals surface area (Å²) in [4.78, 5) is 13.7. The molecule has 7 nitrogen and oxygen atoms in total. The zero-order chi connectivity index (χ0) is 23.9. The Hall–Kier alpha value is -3.50. The number of fused-ring (bicyclic) bond motifs is 1. The maximum Gasteiger partial charge on any atom is 0.315 e. The highest BCUT2D eigenvalue weighted by Crippen LogP contribution is 2.41. The molecular formula is C24H21FN4O3S2. The Morgan fingerprint density at radius 1 is 1.06 bits per heavy atom. The van der Waals surface area contributed by atoms with Crippen molar-refractivity contribution in [1.29, 1.82) is 0 Å². The van der Waals surface area contributed by atoms with Gasteiger partial charge in [0.2, 0.25) is 9.84 Å². The van der Waals surface area contributed by atoms with Crippen LogP contribution in [0, 0.1) is 5.82 Å². The zero-order valence-electron chi connectivity index (χ0n) is 17.9. The number of benzene rings is 3. The Morgan fingerprint density at radius 2 is 1.79 bits per heavy atom. The molecular weight excluding hydrogens is 475 g/mol. The number of amides is 2. The first-order valence-corrected chi connectivity index (χ1v) is 12.6. The lowest BCUT2D eigenvalue weighted by atomic mass is 9.98. The lowest BCUT2D eigenvalue weighted by Crippen LogP contribution is -2.35. The van der Waals surface area contributed by atoms with E-state index in [1.807, 2.05) is 35.2 Å². The molecule has 34 heavy (non-hydrogen) atoms. The van der Waals surface area contributed by atoms with Gasteiger partial charge in [0.15, 0.2) is 10.5 Å². The Kier molecular flexibility index (Phi) is 5.70. The van der Waals surface area contributed by atoms with Crippen molar-refractivity contribution in [2.75, 3.05) is 23.3 Å². The van der Waals surface area contributed by atoms with Crippen molar-refractivity contribution >= 4 is 44.6 Å². The molecule has 0 spiro atoms. The average Bonchev–Trinajstić information content (AvgIpc) is 3.47. The van der Waals surface area contributed by atoms with Crippen LogP contribution in [0.3, 0.4) is 0 Å². The highest BCUT2D eigenvalue weighted by atomic mass is 32.2. The minimum Gasteiger partial charge on any atom is -0.335 e. The third-order valence-corrected chi connectivity index (χ3v) is 8.26. The van der Waals surface area contributed by atoms with Gasteiger partial charge in [-0.1, -0.05) is 30.3 Å². The van der Waals surface area contributed by atoms with E-state index < -0.39 is 21.2 Å². The van der Waals surface area contributed by atoms with E-state index in [4.69, 9.17) is 12.2 Å². The molecule has 0 aliphatic carbocycles. The summed E-state index contributed by atoms with van der Waals surface area (Å²) in [5, 5.41) is 7.53. The van der Waals surface area contributed by atoms with Crippen molar-refractivity contribution in [3.8, 4) is 11.1 Å². The van der Waals surface area contributed by atoms with Gasteiger partial charge in [0.25, 0.3) is 0 Å². The van der Waals surface area contributed by atoms with Gasteiger partial charge in [-0.15, -0.1) is 0 Å². The van der Waals surface area contributed by atoms with Crippen LogP contribution in [0.15, 0.2) is 71.6 Å². The molecule has 2 amide bonds. The molecule has 1 fully saturated rings. The van der Waals surface area contributed by atoms with E-state index in [0.29, 0.717) is 29.3 Å². The molecule has 2 aliphatic rings. The summed E-state index contributed by atoms with van der Waals surface area (Å²) in [6.07, 6.45) is 0.587. The van der Waals surface area contributed by atoms with Crippen LogP contribution in [-0.4, -0.2) is 38.0 Å². The fourth-order valence-corrected chi connectivity index (χ4v) is 6.30. The Balaban J connectivity index is 1.56. The number of thiocarbonyl (C=S) groups is 1. The fourth-order valence-electron chi connectivity index (χ4n) is 4.33. The summed E-state index contributed by atoms with van der Waals surface area (Å²) in [7, 11) is -3.86. The van der Waals surface area contributed by atoms with E-state index in [9.17, 15) is 17.6 Å². The second-order valence-corrected chi connectivity index (χ2v) is 10.5. The molecule has 1 saturated heterocycles. The topological polar surface area (TPSA) is 90.5 Å². The van der Waals surface area contributed by atoms with Crippen LogP contribution < -0.4 is 20.9 Å². The van der Waals surface area contributed by atoms with Crippen molar-refractivity contribution < 1.29 is 17.6 Å². The monoisotopic (exact) mass is 496 g/mol. The summed E-state index contributed by atoms with van der Waals surface area (Å²) >= 11 is 5.62. The van der Waals surface area contributed by atoms with Crippen LogP contribution in [0.1, 0.15) is 5.56 Å². The van der Waals surface area contributed by atoms with Crippen molar-refractivity contribution in [3.63, 3.8) is 0 Å². The molecule has 3 aromatic carbocycles. The molecule has 10 heteroatoms. The highest BCUT2D eigenvalue weighted by Gasteiger charge is 2.37. The lowest BCUT2D eigenvalue weighted by molar-refractivity contribution is 0.248. The quantitative estimate of drug-likeness (QED) is 0.478. The van der Waals surface area contributed by atoms with Gasteiger partial charge in [0.1, 0.15) is 5.82 Å². The first kappa shape index (κ1) is 22.3. The predicted octanol–water partition coefficient (Wildman–Crippen LogP) is 3.66. The van der Waals surface area contributed by atoms with Crippen molar-refractivity contribution in [2.24, 2.45) is 0 Å². The van der Waals surface area contributed by atoms with Gasteiger partial charge in [0, 0.05) is 23.5 Å². The molecule has 3 aromatic rings. The van der Waals surface area contributed by atoms with Crippen molar-refractivity contribution in [2.45, 2.75) is 16.7 Å². The largest absolute Gasteiger partial charge is 0.335 e. The maximum absolute atomic E-state index is 13.5. The van der Waals surface area contributed by atoms with Crippen LogP contribution in [0.2, 0.25) is 0 Å². The van der Waals surface area contributed by atoms with Gasteiger partial charge >= 0.3 is 6.03 Å². The summed E-state index contributed by atoms with van der Waals surface area (Å²) in [6, 6.07) is 18.1. The molecule has 2 aliphatic heterocycles. The molecule has 0 bridgehead atoms. The molecule has 174 valence electrons. The van der Waals surface area contributed by atoms with Gasteiger partial charge in [-0.05, 0) is 66.2 Å². The van der Waals surface area contributed by atoms with E-state index in [1.54, 1.807) is 24.3 Å². The lowest BCUT2D eigenvalue weighted by Gasteiger charge is -2.23. The molecule has 3 N–H and O–H groups in total. The van der Waals surface area contributed by atoms with Gasteiger partial charge < -0.3 is 20.9 Å². The first-order chi connectivity index (χ1) is 16.3. The minimum absolute atomic E-state index is 0.00425. The van der Waals surface area contributed by atoms with E-state index in [-0.39, 0.29) is 17.3 Å². The third kappa shape index (κ3) is 3.99. The SMILES string of the molecule is O=C1NCC(S(=O)(=O)c2ccc3c(c2-c2ccccc2)CCN3C(=S)Nc2ccc(F)cc2)N1. The van der Waals surface area contributed by atoms with E-state index in [2.05, 4.69) is 16.0 Å². The average molecular weight is 497 g/mol. The molecule has 1 atom stereocenters.